The summed E-state index contributed by atoms with van der Waals surface area (Å²) in [5.41, 5.74) is 8.01. The van der Waals surface area contributed by atoms with Gasteiger partial charge in [-0.25, -0.2) is 0 Å². The van der Waals surface area contributed by atoms with Gasteiger partial charge in [0.05, 0.1) is 6.10 Å². The number of hydrogen-bond donors (Lipinski definition) is 2. The van der Waals surface area contributed by atoms with Gasteiger partial charge in [-0.15, -0.1) is 0 Å². The van der Waals surface area contributed by atoms with Crippen molar-refractivity contribution in [2.24, 2.45) is 27.8 Å². The molecule has 2 aliphatic rings. The molecular formula is C16H29N3O. The third-order valence-electron chi connectivity index (χ3n) is 4.79. The summed E-state index contributed by atoms with van der Waals surface area (Å²) >= 11 is 0. The van der Waals surface area contributed by atoms with Crippen LogP contribution in [0, 0.1) is 11.8 Å². The van der Waals surface area contributed by atoms with Crippen LogP contribution < -0.4 is 5.73 Å². The first kappa shape index (κ1) is 15.6. The van der Waals surface area contributed by atoms with Crippen LogP contribution in [-0.2, 0) is 0 Å². The Morgan fingerprint density at radius 3 is 2.70 bits per heavy atom. The van der Waals surface area contributed by atoms with E-state index in [1.807, 2.05) is 0 Å². The number of nitrogens with two attached hydrogens (primary N) is 1. The van der Waals surface area contributed by atoms with E-state index in [4.69, 9.17) is 5.73 Å². The topological polar surface area (TPSA) is 71.0 Å². The molecule has 0 bridgehead atoms. The second-order valence-corrected chi connectivity index (χ2v) is 6.31. The zero-order valence-corrected chi connectivity index (χ0v) is 12.7. The maximum atomic E-state index is 9.92. The van der Waals surface area contributed by atoms with E-state index in [-0.39, 0.29) is 6.10 Å². The molecule has 0 aromatic carbocycles. The van der Waals surface area contributed by atoms with Crippen LogP contribution in [0.15, 0.2) is 10.2 Å². The fourth-order valence-corrected chi connectivity index (χ4v) is 3.54. The molecule has 4 nitrogen and oxygen atoms in total. The summed E-state index contributed by atoms with van der Waals surface area (Å²) in [6.45, 7) is 2.90. The minimum Gasteiger partial charge on any atom is -0.393 e. The highest BCUT2D eigenvalue weighted by molar-refractivity contribution is 5.97. The third kappa shape index (κ3) is 4.13. The van der Waals surface area contributed by atoms with Crippen LogP contribution in [0.25, 0.3) is 0 Å². The number of aliphatic hydroxyl groups is 1. The molecule has 2 unspecified atom stereocenters. The van der Waals surface area contributed by atoms with E-state index in [1.165, 1.54) is 17.8 Å². The van der Waals surface area contributed by atoms with Crippen LogP contribution >= 0.6 is 0 Å². The Bertz CT molecular complexity index is 365. The van der Waals surface area contributed by atoms with Crippen molar-refractivity contribution in [1.82, 2.24) is 0 Å². The first-order chi connectivity index (χ1) is 9.72. The van der Waals surface area contributed by atoms with Gasteiger partial charge in [0.15, 0.2) is 0 Å². The van der Waals surface area contributed by atoms with E-state index in [0.717, 1.165) is 57.9 Å². The van der Waals surface area contributed by atoms with Crippen LogP contribution in [0.4, 0.5) is 0 Å². The lowest BCUT2D eigenvalue weighted by atomic mass is 9.74. The van der Waals surface area contributed by atoms with Crippen LogP contribution in [-0.4, -0.2) is 29.2 Å². The molecule has 4 heteroatoms. The number of rotatable bonds is 5. The molecule has 1 saturated carbocycles. The second kappa shape index (κ2) is 7.89. The van der Waals surface area contributed by atoms with Crippen molar-refractivity contribution < 1.29 is 5.11 Å². The predicted molar refractivity (Wildman–Crippen MR) is 84.1 cm³/mol. The van der Waals surface area contributed by atoms with Crippen molar-refractivity contribution in [1.29, 1.82) is 0 Å². The predicted octanol–water partition coefficient (Wildman–Crippen LogP) is 2.89. The molecule has 0 radical (unpaired) electrons. The molecular weight excluding hydrogens is 250 g/mol. The highest BCUT2D eigenvalue weighted by Gasteiger charge is 2.32. The van der Waals surface area contributed by atoms with E-state index in [0.29, 0.717) is 11.8 Å². The average Bonchev–Trinajstić information content (AvgIpc) is 2.42. The lowest BCUT2D eigenvalue weighted by Gasteiger charge is -2.33. The number of hydrogen-bond acceptors (Lipinski definition) is 4. The summed E-state index contributed by atoms with van der Waals surface area (Å²) in [7, 11) is 0. The first-order valence-corrected chi connectivity index (χ1v) is 8.21. The van der Waals surface area contributed by atoms with E-state index < -0.39 is 0 Å². The molecule has 0 aromatic rings. The van der Waals surface area contributed by atoms with Crippen LogP contribution in [0.1, 0.15) is 64.7 Å². The van der Waals surface area contributed by atoms with Gasteiger partial charge in [-0.3, -0.25) is 0 Å². The molecule has 3 atom stereocenters. The van der Waals surface area contributed by atoms with Crippen molar-refractivity contribution >= 4 is 11.4 Å². The summed E-state index contributed by atoms with van der Waals surface area (Å²) in [6, 6.07) is 0. The van der Waals surface area contributed by atoms with Gasteiger partial charge < -0.3 is 10.8 Å². The summed E-state index contributed by atoms with van der Waals surface area (Å²) < 4.78 is 0. The van der Waals surface area contributed by atoms with Crippen molar-refractivity contribution in [2.45, 2.75) is 70.8 Å². The molecule has 0 saturated heterocycles. The summed E-state index contributed by atoms with van der Waals surface area (Å²) in [6.07, 6.45) is 9.55. The molecule has 1 aliphatic carbocycles. The molecule has 3 N–H and O–H groups in total. The van der Waals surface area contributed by atoms with Crippen molar-refractivity contribution in [3.05, 3.63) is 0 Å². The normalized spacial score (nSPS) is 30.9. The average molecular weight is 279 g/mol. The lowest BCUT2D eigenvalue weighted by Crippen LogP contribution is -2.34. The zero-order chi connectivity index (χ0) is 14.4. The van der Waals surface area contributed by atoms with Crippen LogP contribution in [0.2, 0.25) is 0 Å². The van der Waals surface area contributed by atoms with Gasteiger partial charge in [-0.05, 0) is 58.4 Å². The van der Waals surface area contributed by atoms with E-state index in [2.05, 4.69) is 17.1 Å². The van der Waals surface area contributed by atoms with Crippen molar-refractivity contribution in [3.8, 4) is 0 Å². The minimum absolute atomic E-state index is 0.117. The lowest BCUT2D eigenvalue weighted by molar-refractivity contribution is 0.132. The Kier molecular flexibility index (Phi) is 6.17. The molecule has 1 heterocycles. The molecule has 1 aliphatic heterocycles. The molecule has 2 rings (SSSR count). The minimum atomic E-state index is -0.117. The standard InChI is InChI=1S/C16H29N3O/c1-12-14-7-5-6-13(20)9-10-15(14)16(19-18-12)8-3-2-4-11-17/h13-15,20H,2-11,17H2,1H3/t13-,14?,15?/m1/s1. The Labute approximate surface area is 122 Å². The molecule has 0 spiro atoms. The smallest absolute Gasteiger partial charge is 0.0540 e. The maximum absolute atomic E-state index is 9.92. The van der Waals surface area contributed by atoms with Gasteiger partial charge in [0, 0.05) is 23.3 Å². The number of nitrogens with zero attached hydrogens (tertiary/aromatic N) is 2. The summed E-state index contributed by atoms with van der Waals surface area (Å²) in [5.74, 6) is 1.07. The summed E-state index contributed by atoms with van der Waals surface area (Å²) in [5, 5.41) is 18.8. The number of aliphatic hydroxyl groups excluding tert-OH is 1. The fourth-order valence-electron chi connectivity index (χ4n) is 3.54. The number of fused-ring (bicyclic) bond motifs is 1. The highest BCUT2D eigenvalue weighted by Crippen LogP contribution is 2.34. The second-order valence-electron chi connectivity index (χ2n) is 6.31. The Morgan fingerprint density at radius 1 is 1.05 bits per heavy atom. The quantitative estimate of drug-likeness (QED) is 0.760. The highest BCUT2D eigenvalue weighted by atomic mass is 16.3. The zero-order valence-electron chi connectivity index (χ0n) is 12.7. The van der Waals surface area contributed by atoms with Gasteiger partial charge >= 0.3 is 0 Å². The summed E-state index contributed by atoms with van der Waals surface area (Å²) in [4.78, 5) is 0. The van der Waals surface area contributed by atoms with Crippen LogP contribution in [0.3, 0.4) is 0 Å². The monoisotopic (exact) mass is 279 g/mol. The molecule has 0 aromatic heterocycles. The van der Waals surface area contributed by atoms with Gasteiger partial charge in [0.25, 0.3) is 0 Å². The molecule has 20 heavy (non-hydrogen) atoms. The SMILES string of the molecule is CC1=NN=C(CCCCCN)C2CC[C@H](O)CCCC12. The van der Waals surface area contributed by atoms with Gasteiger partial charge in [-0.1, -0.05) is 12.8 Å². The number of unbranched alkanes of at least 4 members (excludes halogenated alkanes) is 2. The Morgan fingerprint density at radius 2 is 1.90 bits per heavy atom. The van der Waals surface area contributed by atoms with Gasteiger partial charge in [0.2, 0.25) is 0 Å². The van der Waals surface area contributed by atoms with E-state index >= 15 is 0 Å². The van der Waals surface area contributed by atoms with Crippen LogP contribution in [0.5, 0.6) is 0 Å². The maximum Gasteiger partial charge on any atom is 0.0540 e. The molecule has 0 amide bonds. The Balaban J connectivity index is 1.98. The fraction of sp³-hybridized carbons (Fsp3) is 0.875. The first-order valence-electron chi connectivity index (χ1n) is 8.21. The largest absolute Gasteiger partial charge is 0.393 e. The third-order valence-corrected chi connectivity index (χ3v) is 4.79. The van der Waals surface area contributed by atoms with E-state index in [9.17, 15) is 5.11 Å². The van der Waals surface area contributed by atoms with Gasteiger partial charge in [-0.2, -0.15) is 10.2 Å². The Hall–Kier alpha value is -0.740. The van der Waals surface area contributed by atoms with Gasteiger partial charge in [0.1, 0.15) is 0 Å². The van der Waals surface area contributed by atoms with Crippen molar-refractivity contribution in [3.63, 3.8) is 0 Å². The van der Waals surface area contributed by atoms with E-state index in [1.54, 1.807) is 0 Å². The molecule has 1 fully saturated rings. The van der Waals surface area contributed by atoms with Crippen molar-refractivity contribution in [2.75, 3.05) is 6.54 Å². The molecule has 114 valence electrons.